The second-order valence-corrected chi connectivity index (χ2v) is 8.64. The summed E-state index contributed by atoms with van der Waals surface area (Å²) in [5, 5.41) is 2.80. The molecule has 24 heavy (non-hydrogen) atoms. The Kier molecular flexibility index (Phi) is 4.70. The summed E-state index contributed by atoms with van der Waals surface area (Å²) >= 11 is 0. The molecular weight excluding hydrogens is 314 g/mol. The number of likely N-dealkylation sites (tertiary alicyclic amines) is 1. The van der Waals surface area contributed by atoms with Gasteiger partial charge in [0.25, 0.3) is 0 Å². The van der Waals surface area contributed by atoms with Gasteiger partial charge in [-0.3, -0.25) is 0 Å². The van der Waals surface area contributed by atoms with Crippen LogP contribution in [0.4, 0.5) is 0 Å². The molecule has 0 radical (unpaired) electrons. The molecule has 1 aliphatic carbocycles. The third-order valence-electron chi connectivity index (χ3n) is 7.25. The summed E-state index contributed by atoms with van der Waals surface area (Å²) in [7, 11) is 0. The van der Waals surface area contributed by atoms with Gasteiger partial charge in [0.15, 0.2) is 0 Å². The second kappa shape index (κ2) is 6.35. The minimum atomic E-state index is 0. The van der Waals surface area contributed by atoms with Gasteiger partial charge in [0.05, 0.1) is 0 Å². The van der Waals surface area contributed by atoms with Crippen LogP contribution in [0.1, 0.15) is 39.2 Å². The van der Waals surface area contributed by atoms with Crippen molar-refractivity contribution in [3.8, 4) is 0 Å². The zero-order chi connectivity index (χ0) is 16.1. The predicted molar refractivity (Wildman–Crippen MR) is 106 cm³/mol. The minimum absolute atomic E-state index is 0. The molecule has 2 aromatic carbocycles. The van der Waals surface area contributed by atoms with Crippen molar-refractivity contribution in [3.63, 3.8) is 0 Å². The average Bonchev–Trinajstić information content (AvgIpc) is 2.68. The molecule has 0 spiro atoms. The van der Waals surface area contributed by atoms with Crippen LogP contribution in [-0.4, -0.2) is 24.5 Å². The van der Waals surface area contributed by atoms with E-state index in [0.717, 1.165) is 5.92 Å². The highest BCUT2D eigenvalue weighted by atomic mass is 35.5. The van der Waals surface area contributed by atoms with E-state index in [9.17, 15) is 0 Å². The summed E-state index contributed by atoms with van der Waals surface area (Å²) in [4.78, 5) is 2.74. The fraction of sp³-hybridized carbons (Fsp3) is 0.545. The van der Waals surface area contributed by atoms with Crippen molar-refractivity contribution in [1.82, 2.24) is 4.90 Å². The molecule has 1 aliphatic heterocycles. The van der Waals surface area contributed by atoms with Crippen LogP contribution in [0.3, 0.4) is 0 Å². The SMILES string of the molecule is CC1(C)C2CC[C@]1(C)CN(CCc1cccc3ccccc13)C2.Cl. The Bertz CT molecular complexity index is 717. The van der Waals surface area contributed by atoms with Crippen LogP contribution in [-0.2, 0) is 6.42 Å². The molecule has 2 heteroatoms. The van der Waals surface area contributed by atoms with Crippen LogP contribution in [0.5, 0.6) is 0 Å². The predicted octanol–water partition coefficient (Wildman–Crippen LogP) is 5.56. The van der Waals surface area contributed by atoms with E-state index in [1.54, 1.807) is 0 Å². The van der Waals surface area contributed by atoms with Crippen LogP contribution in [0, 0.1) is 16.7 Å². The van der Waals surface area contributed by atoms with Gasteiger partial charge in [-0.15, -0.1) is 12.4 Å². The highest BCUT2D eigenvalue weighted by Gasteiger charge is 2.55. The van der Waals surface area contributed by atoms with Gasteiger partial charge in [-0.2, -0.15) is 0 Å². The fourth-order valence-corrected chi connectivity index (χ4v) is 5.10. The molecule has 0 aromatic heterocycles. The maximum Gasteiger partial charge on any atom is 0.00408 e. The lowest BCUT2D eigenvalue weighted by Crippen LogP contribution is -2.52. The zero-order valence-corrected chi connectivity index (χ0v) is 16.0. The highest BCUT2D eigenvalue weighted by molar-refractivity contribution is 5.86. The normalized spacial score (nSPS) is 28.7. The summed E-state index contributed by atoms with van der Waals surface area (Å²) in [6.07, 6.45) is 4.01. The minimum Gasteiger partial charge on any atom is -0.302 e. The standard InChI is InChI=1S/C22H29N.ClH/c1-21(2)19-11-13-22(21,3)16-23(15-19)14-12-18-9-6-8-17-7-4-5-10-20(17)18;/h4-10,19H,11-16H2,1-3H3;1H/t19?,22-;/m1./s1. The fourth-order valence-electron chi connectivity index (χ4n) is 5.10. The maximum atomic E-state index is 2.74. The van der Waals surface area contributed by atoms with E-state index in [4.69, 9.17) is 0 Å². The molecule has 2 bridgehead atoms. The van der Waals surface area contributed by atoms with E-state index >= 15 is 0 Å². The highest BCUT2D eigenvalue weighted by Crippen LogP contribution is 2.58. The molecule has 1 saturated carbocycles. The van der Waals surface area contributed by atoms with Gasteiger partial charge in [0, 0.05) is 19.6 Å². The van der Waals surface area contributed by atoms with E-state index in [1.165, 1.54) is 55.2 Å². The maximum absolute atomic E-state index is 2.74. The Labute approximate surface area is 152 Å². The molecule has 2 aromatic rings. The van der Waals surface area contributed by atoms with E-state index in [2.05, 4.69) is 68.1 Å². The number of halogens is 1. The van der Waals surface area contributed by atoms with Crippen molar-refractivity contribution in [2.45, 2.75) is 40.0 Å². The van der Waals surface area contributed by atoms with E-state index in [-0.39, 0.29) is 12.4 Å². The van der Waals surface area contributed by atoms with Crippen molar-refractivity contribution in [3.05, 3.63) is 48.0 Å². The third-order valence-corrected chi connectivity index (χ3v) is 7.25. The Balaban J connectivity index is 0.00000169. The van der Waals surface area contributed by atoms with Crippen LogP contribution in [0.2, 0.25) is 0 Å². The lowest BCUT2D eigenvalue weighted by atomic mass is 9.63. The van der Waals surface area contributed by atoms with Gasteiger partial charge in [0.1, 0.15) is 0 Å². The van der Waals surface area contributed by atoms with Crippen molar-refractivity contribution in [2.75, 3.05) is 19.6 Å². The lowest BCUT2D eigenvalue weighted by Gasteiger charge is -2.50. The molecule has 4 rings (SSSR count). The number of nitrogens with zero attached hydrogens (tertiary/aromatic N) is 1. The number of benzene rings is 2. The molecule has 2 aliphatic rings. The molecule has 1 heterocycles. The van der Waals surface area contributed by atoms with E-state index < -0.39 is 0 Å². The number of rotatable bonds is 3. The Morgan fingerprint density at radius 2 is 1.79 bits per heavy atom. The topological polar surface area (TPSA) is 3.24 Å². The summed E-state index contributed by atoms with van der Waals surface area (Å²) in [6, 6.07) is 15.5. The Morgan fingerprint density at radius 3 is 2.58 bits per heavy atom. The molecule has 2 fully saturated rings. The molecule has 1 nitrogen and oxygen atoms in total. The average molecular weight is 344 g/mol. The van der Waals surface area contributed by atoms with Crippen LogP contribution < -0.4 is 0 Å². The zero-order valence-electron chi connectivity index (χ0n) is 15.2. The molecule has 1 unspecified atom stereocenters. The summed E-state index contributed by atoms with van der Waals surface area (Å²) in [5.74, 6) is 0.883. The van der Waals surface area contributed by atoms with Gasteiger partial charge in [-0.1, -0.05) is 63.2 Å². The molecular formula is C22H30ClN. The lowest BCUT2D eigenvalue weighted by molar-refractivity contribution is -0.0169. The quantitative estimate of drug-likeness (QED) is 0.705. The van der Waals surface area contributed by atoms with Crippen molar-refractivity contribution >= 4 is 23.2 Å². The number of piperidine rings is 1. The monoisotopic (exact) mass is 343 g/mol. The second-order valence-electron chi connectivity index (χ2n) is 8.64. The summed E-state index contributed by atoms with van der Waals surface area (Å²) < 4.78 is 0. The van der Waals surface area contributed by atoms with Crippen LogP contribution >= 0.6 is 12.4 Å². The van der Waals surface area contributed by atoms with Crippen LogP contribution in [0.15, 0.2) is 42.5 Å². The van der Waals surface area contributed by atoms with E-state index in [0.29, 0.717) is 10.8 Å². The number of hydrogen-bond donors (Lipinski definition) is 0. The molecule has 0 amide bonds. The number of hydrogen-bond acceptors (Lipinski definition) is 1. The third kappa shape index (κ3) is 2.76. The van der Waals surface area contributed by atoms with Crippen molar-refractivity contribution in [2.24, 2.45) is 16.7 Å². The molecule has 130 valence electrons. The Hall–Kier alpha value is -1.05. The molecule has 1 saturated heterocycles. The first-order chi connectivity index (χ1) is 11.0. The molecule has 2 atom stereocenters. The number of fused-ring (bicyclic) bond motifs is 3. The first-order valence-corrected chi connectivity index (χ1v) is 9.19. The van der Waals surface area contributed by atoms with Crippen molar-refractivity contribution in [1.29, 1.82) is 0 Å². The summed E-state index contributed by atoms with van der Waals surface area (Å²) in [6.45, 7) is 11.3. The van der Waals surface area contributed by atoms with Gasteiger partial charge in [-0.05, 0) is 52.3 Å². The Morgan fingerprint density at radius 1 is 1.04 bits per heavy atom. The summed E-state index contributed by atoms with van der Waals surface area (Å²) in [5.41, 5.74) is 2.53. The van der Waals surface area contributed by atoms with Gasteiger partial charge < -0.3 is 4.90 Å². The first-order valence-electron chi connectivity index (χ1n) is 9.19. The molecule has 0 N–H and O–H groups in total. The van der Waals surface area contributed by atoms with Gasteiger partial charge in [0.2, 0.25) is 0 Å². The first kappa shape index (κ1) is 17.8. The van der Waals surface area contributed by atoms with E-state index in [1.807, 2.05) is 0 Å². The smallest absolute Gasteiger partial charge is 0.00408 e. The van der Waals surface area contributed by atoms with Crippen LogP contribution in [0.25, 0.3) is 10.8 Å². The largest absolute Gasteiger partial charge is 0.302 e. The van der Waals surface area contributed by atoms with Crippen molar-refractivity contribution < 1.29 is 0 Å². The van der Waals surface area contributed by atoms with Gasteiger partial charge in [-0.25, -0.2) is 0 Å². The van der Waals surface area contributed by atoms with Gasteiger partial charge >= 0.3 is 0 Å².